The maximum atomic E-state index is 10.0. The molecule has 0 radical (unpaired) electrons. The number of aliphatic hydroxyl groups is 1. The summed E-state index contributed by atoms with van der Waals surface area (Å²) >= 11 is 6.22. The molecule has 0 aliphatic rings. The fraction of sp³-hybridized carbons (Fsp3) is 0.364. The number of imidazole rings is 2. The molecule has 2 aromatic heterocycles. The number of halogens is 1. The lowest BCUT2D eigenvalue weighted by Gasteiger charge is -2.19. The van der Waals surface area contributed by atoms with Gasteiger partial charge in [0.25, 0.3) is 12.9 Å². The molecule has 0 saturated carbocycles. The molecule has 3 rings (SSSR count). The Balaban J connectivity index is 0.000000819. The molecule has 0 unspecified atom stereocenters. The highest BCUT2D eigenvalue weighted by molar-refractivity contribution is 6.30. The first-order valence-electron chi connectivity index (χ1n) is 10.0. The van der Waals surface area contributed by atoms with Crippen molar-refractivity contribution in [3.05, 3.63) is 54.3 Å². The van der Waals surface area contributed by atoms with Crippen LogP contribution in [0.15, 0.2) is 49.3 Å². The van der Waals surface area contributed by atoms with E-state index in [1.165, 1.54) is 0 Å². The summed E-state index contributed by atoms with van der Waals surface area (Å²) < 4.78 is 10.1. The van der Waals surface area contributed by atoms with Crippen LogP contribution in [0.5, 0.6) is 5.75 Å². The second kappa shape index (κ2) is 14.6. The molecule has 180 valence electrons. The van der Waals surface area contributed by atoms with Crippen LogP contribution in [0.1, 0.15) is 26.7 Å². The van der Waals surface area contributed by atoms with Crippen molar-refractivity contribution < 1.29 is 29.6 Å². The van der Waals surface area contributed by atoms with E-state index in [1.807, 2.05) is 39.7 Å². The molecule has 10 nitrogen and oxygen atoms in total. The number of ether oxygens (including phenoxy) is 1. The largest absolute Gasteiger partial charge is 0.493 e. The molecule has 0 spiro atoms. The van der Waals surface area contributed by atoms with Crippen molar-refractivity contribution in [3.63, 3.8) is 0 Å². The van der Waals surface area contributed by atoms with Gasteiger partial charge in [0.05, 0.1) is 24.1 Å². The van der Waals surface area contributed by atoms with Crippen LogP contribution >= 0.6 is 11.6 Å². The number of benzene rings is 1. The Bertz CT molecular complexity index is 948. The fourth-order valence-electron chi connectivity index (χ4n) is 2.78. The quantitative estimate of drug-likeness (QED) is 0.312. The van der Waals surface area contributed by atoms with Crippen molar-refractivity contribution in [2.24, 2.45) is 0 Å². The minimum atomic E-state index is -0.734. The molecule has 0 amide bonds. The van der Waals surface area contributed by atoms with Gasteiger partial charge in [-0.15, -0.1) is 0 Å². The second-order valence-corrected chi connectivity index (χ2v) is 7.80. The standard InChI is InChI=1S/C20H25ClN4O2.2CH2O2/c1-20(2,26)6-10-25-12-8-23-19(25)17-14-16(21)4-5-18(17)27-13-3-9-24-11-7-22-15-24;2*2-1-3/h4-5,7-8,11-12,14-15,26H,3,6,9-10,13H2,1-2H3;2*1H,(H,2,3). The second-order valence-electron chi connectivity index (χ2n) is 7.36. The van der Waals surface area contributed by atoms with E-state index in [0.29, 0.717) is 24.6 Å². The number of hydrogen-bond donors (Lipinski definition) is 3. The van der Waals surface area contributed by atoms with Crippen LogP contribution in [0.4, 0.5) is 0 Å². The first-order valence-corrected chi connectivity index (χ1v) is 10.4. The molecular formula is C22H29ClN4O6. The van der Waals surface area contributed by atoms with Crippen molar-refractivity contribution in [3.8, 4) is 17.1 Å². The predicted molar refractivity (Wildman–Crippen MR) is 123 cm³/mol. The van der Waals surface area contributed by atoms with E-state index >= 15 is 0 Å². The molecule has 0 saturated heterocycles. The van der Waals surface area contributed by atoms with E-state index in [-0.39, 0.29) is 12.9 Å². The summed E-state index contributed by atoms with van der Waals surface area (Å²) in [6, 6.07) is 5.57. The highest BCUT2D eigenvalue weighted by Gasteiger charge is 2.16. The molecule has 0 aliphatic carbocycles. The molecule has 0 atom stereocenters. The topological polar surface area (TPSA) is 140 Å². The van der Waals surface area contributed by atoms with Crippen LogP contribution in [0.3, 0.4) is 0 Å². The lowest BCUT2D eigenvalue weighted by atomic mass is 10.1. The Morgan fingerprint density at radius 1 is 1.12 bits per heavy atom. The lowest BCUT2D eigenvalue weighted by molar-refractivity contribution is -0.123. The number of carboxylic acid groups (broad SMARTS) is 2. The van der Waals surface area contributed by atoms with Crippen molar-refractivity contribution in [2.45, 2.75) is 45.4 Å². The molecular weight excluding hydrogens is 452 g/mol. The normalized spacial score (nSPS) is 10.3. The van der Waals surface area contributed by atoms with Gasteiger partial charge in [0.2, 0.25) is 0 Å². The minimum absolute atomic E-state index is 0.250. The zero-order valence-corrected chi connectivity index (χ0v) is 19.3. The van der Waals surface area contributed by atoms with Gasteiger partial charge in [-0.05, 0) is 44.9 Å². The Morgan fingerprint density at radius 2 is 1.82 bits per heavy atom. The predicted octanol–water partition coefficient (Wildman–Crippen LogP) is 3.43. The van der Waals surface area contributed by atoms with Crippen molar-refractivity contribution >= 4 is 24.5 Å². The maximum absolute atomic E-state index is 10.0. The smallest absolute Gasteiger partial charge is 0.290 e. The van der Waals surface area contributed by atoms with Crippen LogP contribution in [0.2, 0.25) is 5.02 Å². The molecule has 11 heteroatoms. The molecule has 3 aromatic rings. The summed E-state index contributed by atoms with van der Waals surface area (Å²) in [6.45, 7) is 5.20. The summed E-state index contributed by atoms with van der Waals surface area (Å²) in [5, 5.41) is 24.4. The van der Waals surface area contributed by atoms with Gasteiger partial charge in [-0.25, -0.2) is 9.97 Å². The summed E-state index contributed by atoms with van der Waals surface area (Å²) in [5.41, 5.74) is 0.119. The first kappa shape index (κ1) is 27.7. The van der Waals surface area contributed by atoms with E-state index in [9.17, 15) is 5.11 Å². The van der Waals surface area contributed by atoms with Gasteiger partial charge < -0.3 is 29.2 Å². The third kappa shape index (κ3) is 10.7. The molecule has 0 fully saturated rings. The zero-order chi connectivity index (χ0) is 24.7. The van der Waals surface area contributed by atoms with E-state index in [2.05, 4.69) is 9.97 Å². The van der Waals surface area contributed by atoms with Gasteiger partial charge in [0.15, 0.2) is 0 Å². The molecule has 3 N–H and O–H groups in total. The van der Waals surface area contributed by atoms with Gasteiger partial charge in [0.1, 0.15) is 11.6 Å². The Hall–Kier alpha value is -3.37. The highest BCUT2D eigenvalue weighted by Crippen LogP contribution is 2.32. The van der Waals surface area contributed by atoms with Gasteiger partial charge in [-0.3, -0.25) is 9.59 Å². The van der Waals surface area contributed by atoms with Gasteiger partial charge in [-0.2, -0.15) is 0 Å². The van der Waals surface area contributed by atoms with E-state index in [4.69, 9.17) is 36.1 Å². The summed E-state index contributed by atoms with van der Waals surface area (Å²) in [6.07, 6.45) is 10.7. The lowest BCUT2D eigenvalue weighted by Crippen LogP contribution is -2.21. The molecule has 0 bridgehead atoms. The fourth-order valence-corrected chi connectivity index (χ4v) is 2.95. The summed E-state index contributed by atoms with van der Waals surface area (Å²) in [5.74, 6) is 1.53. The van der Waals surface area contributed by atoms with Gasteiger partial charge in [0, 0.05) is 42.9 Å². The van der Waals surface area contributed by atoms with Crippen molar-refractivity contribution in [1.29, 1.82) is 0 Å². The Labute approximate surface area is 197 Å². The van der Waals surface area contributed by atoms with E-state index in [1.54, 1.807) is 32.6 Å². The van der Waals surface area contributed by atoms with Crippen molar-refractivity contribution in [1.82, 2.24) is 19.1 Å². The number of carbonyl (C=O) groups is 2. The number of aromatic nitrogens is 4. The third-order valence-corrected chi connectivity index (χ3v) is 4.48. The highest BCUT2D eigenvalue weighted by atomic mass is 35.5. The monoisotopic (exact) mass is 480 g/mol. The average Bonchev–Trinajstić information content (AvgIpc) is 3.43. The van der Waals surface area contributed by atoms with E-state index in [0.717, 1.165) is 30.1 Å². The number of hydrogen-bond acceptors (Lipinski definition) is 6. The van der Waals surface area contributed by atoms with Gasteiger partial charge >= 0.3 is 0 Å². The summed E-state index contributed by atoms with van der Waals surface area (Å²) in [4.78, 5) is 25.2. The zero-order valence-electron chi connectivity index (χ0n) is 18.5. The minimum Gasteiger partial charge on any atom is -0.493 e. The molecule has 33 heavy (non-hydrogen) atoms. The van der Waals surface area contributed by atoms with Crippen LogP contribution in [0.25, 0.3) is 11.4 Å². The number of aryl methyl sites for hydroxylation is 2. The molecule has 0 aliphatic heterocycles. The SMILES string of the molecule is CC(C)(O)CCn1ccnc1-c1cc(Cl)ccc1OCCCn1ccnc1.O=CO.O=CO. The third-order valence-electron chi connectivity index (χ3n) is 4.24. The average molecular weight is 481 g/mol. The van der Waals surface area contributed by atoms with Crippen LogP contribution in [-0.2, 0) is 22.7 Å². The Kier molecular flexibility index (Phi) is 12.3. The van der Waals surface area contributed by atoms with Crippen LogP contribution < -0.4 is 4.74 Å². The molecule has 2 heterocycles. The van der Waals surface area contributed by atoms with Gasteiger partial charge in [-0.1, -0.05) is 11.6 Å². The van der Waals surface area contributed by atoms with Crippen molar-refractivity contribution in [2.75, 3.05) is 6.61 Å². The Morgan fingerprint density at radius 3 is 2.42 bits per heavy atom. The molecule has 1 aromatic carbocycles. The van der Waals surface area contributed by atoms with Crippen LogP contribution in [-0.4, -0.2) is 59.6 Å². The maximum Gasteiger partial charge on any atom is 0.290 e. The van der Waals surface area contributed by atoms with Crippen LogP contribution in [0, 0.1) is 0 Å². The number of nitrogens with zero attached hydrogens (tertiary/aromatic N) is 4. The number of rotatable bonds is 9. The van der Waals surface area contributed by atoms with E-state index < -0.39 is 5.60 Å². The first-order chi connectivity index (χ1) is 15.8. The summed E-state index contributed by atoms with van der Waals surface area (Å²) in [7, 11) is 0.